The molecular weight excluding hydrogens is 458 g/mol. The molecule has 2 amide bonds. The Morgan fingerprint density at radius 3 is 2.31 bits per heavy atom. The Morgan fingerprint density at radius 1 is 0.889 bits per heavy atom. The van der Waals surface area contributed by atoms with Crippen LogP contribution < -0.4 is 20.1 Å². The van der Waals surface area contributed by atoms with E-state index in [1.54, 1.807) is 62.8 Å². The number of ether oxygens (including phenoxy) is 3. The number of methoxy groups -OCH3 is 2. The lowest BCUT2D eigenvalue weighted by molar-refractivity contribution is 0.0162. The Bertz CT molecular complexity index is 1180. The summed E-state index contributed by atoms with van der Waals surface area (Å²) >= 11 is 0. The molecule has 3 aromatic carbocycles. The van der Waals surface area contributed by atoms with Crippen molar-refractivity contribution in [2.24, 2.45) is 0 Å². The number of nitrogens with one attached hydrogen (secondary N) is 2. The molecule has 1 heterocycles. The van der Waals surface area contributed by atoms with E-state index in [-0.39, 0.29) is 17.9 Å². The molecule has 2 N–H and O–H groups in total. The average molecular weight is 490 g/mol. The van der Waals surface area contributed by atoms with E-state index in [2.05, 4.69) is 15.5 Å². The van der Waals surface area contributed by atoms with Crippen LogP contribution in [-0.2, 0) is 4.74 Å². The molecule has 0 aliphatic carbocycles. The molecule has 0 aromatic heterocycles. The maximum atomic E-state index is 13.3. The molecule has 36 heavy (non-hydrogen) atoms. The van der Waals surface area contributed by atoms with Gasteiger partial charge in [-0.05, 0) is 42.0 Å². The smallest absolute Gasteiger partial charge is 0.255 e. The molecule has 0 bridgehead atoms. The van der Waals surface area contributed by atoms with Gasteiger partial charge in [-0.25, -0.2) is 0 Å². The maximum absolute atomic E-state index is 13.3. The molecule has 188 valence electrons. The van der Waals surface area contributed by atoms with Gasteiger partial charge in [0.05, 0.1) is 44.7 Å². The number of amides is 2. The van der Waals surface area contributed by atoms with E-state index in [1.807, 2.05) is 24.3 Å². The van der Waals surface area contributed by atoms with E-state index >= 15 is 0 Å². The molecule has 1 atom stereocenters. The Kier molecular flexibility index (Phi) is 8.54. The lowest BCUT2D eigenvalue weighted by atomic mass is 10.0. The molecule has 0 radical (unpaired) electrons. The summed E-state index contributed by atoms with van der Waals surface area (Å²) in [5.41, 5.74) is 2.38. The first-order valence-corrected chi connectivity index (χ1v) is 11.9. The number of hydrogen-bond donors (Lipinski definition) is 2. The van der Waals surface area contributed by atoms with Crippen LogP contribution in [0.25, 0.3) is 0 Å². The Balaban J connectivity index is 1.52. The van der Waals surface area contributed by atoms with Gasteiger partial charge in [-0.1, -0.05) is 36.4 Å². The summed E-state index contributed by atoms with van der Waals surface area (Å²) in [4.78, 5) is 28.2. The van der Waals surface area contributed by atoms with Crippen molar-refractivity contribution in [1.29, 1.82) is 0 Å². The molecular formula is C28H31N3O5. The number of para-hydroxylation sites is 1. The van der Waals surface area contributed by atoms with Gasteiger partial charge in [-0.2, -0.15) is 0 Å². The van der Waals surface area contributed by atoms with Crippen LogP contribution in [0.1, 0.15) is 32.3 Å². The third kappa shape index (κ3) is 6.02. The minimum Gasteiger partial charge on any atom is -0.493 e. The van der Waals surface area contributed by atoms with Crippen LogP contribution in [0.4, 0.5) is 5.69 Å². The van der Waals surface area contributed by atoms with E-state index in [0.717, 1.165) is 18.7 Å². The second kappa shape index (κ2) is 12.2. The number of carbonyl (C=O) groups excluding carboxylic acids is 2. The Labute approximate surface area is 211 Å². The summed E-state index contributed by atoms with van der Waals surface area (Å²) < 4.78 is 16.4. The van der Waals surface area contributed by atoms with Crippen LogP contribution in [0, 0.1) is 0 Å². The zero-order chi connectivity index (χ0) is 25.3. The second-order valence-electron chi connectivity index (χ2n) is 8.35. The standard InChI is InChI=1S/C28H31N3O5/c1-34-25-13-12-21(18-26(25)35-2)24(31-14-16-36-17-15-31)19-29-28(33)22-10-6-7-11-23(22)30-27(32)20-8-4-3-5-9-20/h3-13,18,24H,14-17,19H2,1-2H3,(H,29,33)(H,30,32). The van der Waals surface area contributed by atoms with Crippen LogP contribution in [0.5, 0.6) is 11.5 Å². The number of rotatable bonds is 9. The van der Waals surface area contributed by atoms with Crippen LogP contribution >= 0.6 is 0 Å². The maximum Gasteiger partial charge on any atom is 0.255 e. The summed E-state index contributed by atoms with van der Waals surface area (Å²) in [5.74, 6) is 0.743. The average Bonchev–Trinajstić information content (AvgIpc) is 2.94. The molecule has 1 saturated heterocycles. The molecule has 4 rings (SSSR count). The number of anilines is 1. The molecule has 8 heteroatoms. The Morgan fingerprint density at radius 2 is 1.58 bits per heavy atom. The summed E-state index contributed by atoms with van der Waals surface area (Å²) in [7, 11) is 3.21. The van der Waals surface area contributed by atoms with Crippen molar-refractivity contribution >= 4 is 17.5 Å². The highest BCUT2D eigenvalue weighted by atomic mass is 16.5. The van der Waals surface area contributed by atoms with Crippen molar-refractivity contribution < 1.29 is 23.8 Å². The van der Waals surface area contributed by atoms with Crippen LogP contribution in [0.2, 0.25) is 0 Å². The van der Waals surface area contributed by atoms with Gasteiger partial charge in [0.2, 0.25) is 0 Å². The fourth-order valence-corrected chi connectivity index (χ4v) is 4.27. The van der Waals surface area contributed by atoms with Crippen molar-refractivity contribution in [1.82, 2.24) is 10.2 Å². The summed E-state index contributed by atoms with van der Waals surface area (Å²) in [6.07, 6.45) is 0. The highest BCUT2D eigenvalue weighted by Crippen LogP contribution is 2.32. The van der Waals surface area contributed by atoms with Gasteiger partial charge >= 0.3 is 0 Å². The lowest BCUT2D eigenvalue weighted by Gasteiger charge is -2.35. The van der Waals surface area contributed by atoms with E-state index in [0.29, 0.717) is 48.1 Å². The van der Waals surface area contributed by atoms with Gasteiger partial charge in [0.1, 0.15) is 0 Å². The number of hydrogen-bond acceptors (Lipinski definition) is 6. The SMILES string of the molecule is COc1ccc(C(CNC(=O)c2ccccc2NC(=O)c2ccccc2)N2CCOCC2)cc1OC. The first-order chi connectivity index (χ1) is 17.6. The molecule has 1 fully saturated rings. The monoisotopic (exact) mass is 489 g/mol. The zero-order valence-electron chi connectivity index (χ0n) is 20.5. The molecule has 1 aliphatic heterocycles. The number of morpholine rings is 1. The van der Waals surface area contributed by atoms with Crippen LogP contribution in [0.3, 0.4) is 0 Å². The highest BCUT2D eigenvalue weighted by Gasteiger charge is 2.25. The largest absolute Gasteiger partial charge is 0.493 e. The summed E-state index contributed by atoms with van der Waals surface area (Å²) in [6.45, 7) is 3.13. The van der Waals surface area contributed by atoms with E-state index in [4.69, 9.17) is 14.2 Å². The topological polar surface area (TPSA) is 89.1 Å². The second-order valence-corrected chi connectivity index (χ2v) is 8.35. The van der Waals surface area contributed by atoms with E-state index in [9.17, 15) is 9.59 Å². The molecule has 1 unspecified atom stereocenters. The van der Waals surface area contributed by atoms with Crippen molar-refractivity contribution in [2.75, 3.05) is 52.4 Å². The normalized spacial score (nSPS) is 14.5. The third-order valence-electron chi connectivity index (χ3n) is 6.19. The molecule has 1 aliphatic rings. The Hall–Kier alpha value is -3.88. The van der Waals surface area contributed by atoms with Gasteiger partial charge in [0.25, 0.3) is 11.8 Å². The zero-order valence-corrected chi connectivity index (χ0v) is 20.5. The van der Waals surface area contributed by atoms with Crippen LogP contribution in [0.15, 0.2) is 72.8 Å². The molecule has 0 spiro atoms. The summed E-state index contributed by atoms with van der Waals surface area (Å²) in [5, 5.41) is 5.93. The predicted molar refractivity (Wildman–Crippen MR) is 138 cm³/mol. The lowest BCUT2D eigenvalue weighted by Crippen LogP contribution is -2.44. The fourth-order valence-electron chi connectivity index (χ4n) is 4.27. The van der Waals surface area contributed by atoms with Gasteiger partial charge in [0.15, 0.2) is 11.5 Å². The van der Waals surface area contributed by atoms with Crippen molar-refractivity contribution in [3.05, 3.63) is 89.5 Å². The van der Waals surface area contributed by atoms with Crippen molar-refractivity contribution in [3.63, 3.8) is 0 Å². The van der Waals surface area contributed by atoms with Gasteiger partial charge in [-0.3, -0.25) is 14.5 Å². The summed E-state index contributed by atoms with van der Waals surface area (Å²) in [6, 6.07) is 21.6. The number of nitrogens with zero attached hydrogens (tertiary/aromatic N) is 1. The minimum atomic E-state index is -0.271. The fraction of sp³-hybridized carbons (Fsp3) is 0.286. The van der Waals surface area contributed by atoms with Gasteiger partial charge in [0, 0.05) is 25.2 Å². The van der Waals surface area contributed by atoms with Crippen LogP contribution in [-0.4, -0.2) is 63.8 Å². The third-order valence-corrected chi connectivity index (χ3v) is 6.19. The number of carbonyl (C=O) groups is 2. The first-order valence-electron chi connectivity index (χ1n) is 11.9. The minimum absolute atomic E-state index is 0.0938. The van der Waals surface area contributed by atoms with E-state index < -0.39 is 0 Å². The molecule has 0 saturated carbocycles. The number of benzene rings is 3. The molecule has 8 nitrogen and oxygen atoms in total. The van der Waals surface area contributed by atoms with E-state index in [1.165, 1.54) is 0 Å². The molecule has 3 aromatic rings. The predicted octanol–water partition coefficient (Wildman–Crippen LogP) is 3.76. The highest BCUT2D eigenvalue weighted by molar-refractivity contribution is 6.09. The first kappa shape index (κ1) is 25.2. The van der Waals surface area contributed by atoms with Gasteiger partial charge < -0.3 is 24.8 Å². The quantitative estimate of drug-likeness (QED) is 0.476. The van der Waals surface area contributed by atoms with Crippen molar-refractivity contribution in [3.8, 4) is 11.5 Å². The van der Waals surface area contributed by atoms with Crippen molar-refractivity contribution in [2.45, 2.75) is 6.04 Å². The van der Waals surface area contributed by atoms with Gasteiger partial charge in [-0.15, -0.1) is 0 Å².